The Bertz CT molecular complexity index is 307. The number of urea groups is 1. The molecule has 1 saturated carbocycles. The van der Waals surface area contributed by atoms with E-state index < -0.39 is 12.0 Å². The second-order valence-corrected chi connectivity index (χ2v) is 5.33. The number of aliphatic carboxylic acids is 1. The van der Waals surface area contributed by atoms with Crippen LogP contribution in [-0.4, -0.2) is 29.2 Å². The van der Waals surface area contributed by atoms with Gasteiger partial charge in [-0.15, -0.1) is 0 Å². The zero-order valence-electron chi connectivity index (χ0n) is 11.4. The Kier molecular flexibility index (Phi) is 5.44. The molecule has 1 aliphatic carbocycles. The average Bonchev–Trinajstić information content (AvgIpc) is 2.70. The number of hydrogen-bond donors (Lipinski definition) is 3. The van der Waals surface area contributed by atoms with Crippen LogP contribution in [0.2, 0.25) is 0 Å². The second-order valence-electron chi connectivity index (χ2n) is 5.33. The van der Waals surface area contributed by atoms with Crippen LogP contribution in [0.1, 0.15) is 46.5 Å². The van der Waals surface area contributed by atoms with Gasteiger partial charge in [0.1, 0.15) is 6.04 Å². The lowest BCUT2D eigenvalue weighted by atomic mass is 9.99. The van der Waals surface area contributed by atoms with E-state index in [4.69, 9.17) is 5.11 Å². The summed E-state index contributed by atoms with van der Waals surface area (Å²) in [6, 6.07) is -0.996. The molecule has 0 aliphatic heterocycles. The molecule has 2 amide bonds. The highest BCUT2D eigenvalue weighted by Gasteiger charge is 2.28. The maximum Gasteiger partial charge on any atom is 0.326 e. The molecule has 0 bridgehead atoms. The van der Waals surface area contributed by atoms with Crippen LogP contribution in [0.4, 0.5) is 4.79 Å². The largest absolute Gasteiger partial charge is 0.480 e. The van der Waals surface area contributed by atoms with Crippen LogP contribution >= 0.6 is 0 Å². The number of carboxylic acid groups (broad SMARTS) is 1. The molecule has 0 aromatic carbocycles. The lowest BCUT2D eigenvalue weighted by Crippen LogP contribution is -2.51. The first kappa shape index (κ1) is 14.8. The van der Waals surface area contributed by atoms with Gasteiger partial charge in [-0.05, 0) is 24.7 Å². The number of hydrogen-bond acceptors (Lipinski definition) is 2. The molecule has 0 aromatic heterocycles. The summed E-state index contributed by atoms with van der Waals surface area (Å²) in [6.45, 7) is 5.86. The van der Waals surface area contributed by atoms with E-state index in [0.717, 1.165) is 25.7 Å². The SMILES string of the molecule is CC[C@H](C)[C@H](NC(=O)NC1CCCC1C)C(=O)O. The number of carboxylic acids is 1. The van der Waals surface area contributed by atoms with Crippen molar-refractivity contribution in [2.75, 3.05) is 0 Å². The fraction of sp³-hybridized carbons (Fsp3) is 0.846. The molecule has 1 aliphatic rings. The highest BCUT2D eigenvalue weighted by atomic mass is 16.4. The van der Waals surface area contributed by atoms with Gasteiger partial charge in [-0.3, -0.25) is 0 Å². The van der Waals surface area contributed by atoms with Crippen molar-refractivity contribution in [3.63, 3.8) is 0 Å². The Morgan fingerprint density at radius 3 is 2.50 bits per heavy atom. The van der Waals surface area contributed by atoms with Gasteiger partial charge < -0.3 is 15.7 Å². The molecule has 1 rings (SSSR count). The number of amides is 2. The zero-order chi connectivity index (χ0) is 13.7. The number of nitrogens with one attached hydrogen (secondary N) is 2. The van der Waals surface area contributed by atoms with Crippen LogP contribution in [-0.2, 0) is 4.79 Å². The Labute approximate surface area is 108 Å². The molecular formula is C13H24N2O3. The fourth-order valence-corrected chi connectivity index (χ4v) is 2.39. The number of carbonyl (C=O) groups is 2. The van der Waals surface area contributed by atoms with Crippen molar-refractivity contribution in [3.05, 3.63) is 0 Å². The Morgan fingerprint density at radius 2 is 2.06 bits per heavy atom. The first-order valence-electron chi connectivity index (χ1n) is 6.75. The average molecular weight is 256 g/mol. The minimum atomic E-state index is -0.973. The first-order chi connectivity index (χ1) is 8.45. The molecule has 0 spiro atoms. The van der Waals surface area contributed by atoms with E-state index in [2.05, 4.69) is 17.6 Å². The Hall–Kier alpha value is -1.26. The molecule has 0 saturated heterocycles. The van der Waals surface area contributed by atoms with Crippen LogP contribution in [0.15, 0.2) is 0 Å². The molecule has 104 valence electrons. The van der Waals surface area contributed by atoms with E-state index >= 15 is 0 Å². The maximum absolute atomic E-state index is 11.8. The van der Waals surface area contributed by atoms with Crippen LogP contribution in [0.25, 0.3) is 0 Å². The van der Waals surface area contributed by atoms with Crippen molar-refractivity contribution in [2.45, 2.75) is 58.5 Å². The van der Waals surface area contributed by atoms with Gasteiger partial charge in [-0.1, -0.05) is 33.6 Å². The Morgan fingerprint density at radius 1 is 1.39 bits per heavy atom. The van der Waals surface area contributed by atoms with Gasteiger partial charge in [0.25, 0.3) is 0 Å². The Balaban J connectivity index is 2.48. The van der Waals surface area contributed by atoms with E-state index in [1.54, 1.807) is 0 Å². The summed E-state index contributed by atoms with van der Waals surface area (Å²) >= 11 is 0. The third-order valence-electron chi connectivity index (χ3n) is 3.94. The van der Waals surface area contributed by atoms with Crippen molar-refractivity contribution in [1.82, 2.24) is 10.6 Å². The third kappa shape index (κ3) is 3.89. The van der Waals surface area contributed by atoms with Gasteiger partial charge in [-0.2, -0.15) is 0 Å². The maximum atomic E-state index is 11.8. The lowest BCUT2D eigenvalue weighted by Gasteiger charge is -2.23. The number of carbonyl (C=O) groups excluding carboxylic acids is 1. The molecule has 1 fully saturated rings. The van der Waals surface area contributed by atoms with E-state index in [0.29, 0.717) is 5.92 Å². The lowest BCUT2D eigenvalue weighted by molar-refractivity contribution is -0.140. The summed E-state index contributed by atoms with van der Waals surface area (Å²) in [5, 5.41) is 14.5. The predicted octanol–water partition coefficient (Wildman–Crippen LogP) is 1.97. The molecular weight excluding hydrogens is 232 g/mol. The van der Waals surface area contributed by atoms with Crippen molar-refractivity contribution in [3.8, 4) is 0 Å². The van der Waals surface area contributed by atoms with E-state index in [-0.39, 0.29) is 18.0 Å². The minimum Gasteiger partial charge on any atom is -0.480 e. The van der Waals surface area contributed by atoms with Gasteiger partial charge in [0.05, 0.1) is 0 Å². The molecule has 4 atom stereocenters. The van der Waals surface area contributed by atoms with Crippen molar-refractivity contribution in [1.29, 1.82) is 0 Å². The third-order valence-corrected chi connectivity index (χ3v) is 3.94. The smallest absolute Gasteiger partial charge is 0.326 e. The second kappa shape index (κ2) is 6.61. The van der Waals surface area contributed by atoms with E-state index in [1.807, 2.05) is 13.8 Å². The molecule has 18 heavy (non-hydrogen) atoms. The summed E-state index contributed by atoms with van der Waals surface area (Å²) in [5.41, 5.74) is 0. The van der Waals surface area contributed by atoms with E-state index in [9.17, 15) is 9.59 Å². The first-order valence-corrected chi connectivity index (χ1v) is 6.75. The topological polar surface area (TPSA) is 78.4 Å². The fourth-order valence-electron chi connectivity index (χ4n) is 2.39. The zero-order valence-corrected chi connectivity index (χ0v) is 11.4. The number of rotatable bonds is 5. The summed E-state index contributed by atoms with van der Waals surface area (Å²) in [5.74, 6) is -0.573. The summed E-state index contributed by atoms with van der Waals surface area (Å²) in [7, 11) is 0. The monoisotopic (exact) mass is 256 g/mol. The predicted molar refractivity (Wildman–Crippen MR) is 69.3 cm³/mol. The van der Waals surface area contributed by atoms with Crippen LogP contribution < -0.4 is 10.6 Å². The molecule has 0 radical (unpaired) electrons. The summed E-state index contributed by atoms with van der Waals surface area (Å²) in [4.78, 5) is 22.9. The standard InChI is InChI=1S/C13H24N2O3/c1-4-8(2)11(12(16)17)15-13(18)14-10-7-5-6-9(10)3/h8-11H,4-7H2,1-3H3,(H,16,17)(H2,14,15,18)/t8-,9?,10?,11-/m0/s1. The molecule has 5 nitrogen and oxygen atoms in total. The van der Waals surface area contributed by atoms with Crippen molar-refractivity contribution >= 4 is 12.0 Å². The molecule has 5 heteroatoms. The molecule has 0 aromatic rings. The highest BCUT2D eigenvalue weighted by molar-refractivity contribution is 5.82. The molecule has 2 unspecified atom stereocenters. The van der Waals surface area contributed by atoms with Gasteiger partial charge in [0.2, 0.25) is 0 Å². The van der Waals surface area contributed by atoms with Gasteiger partial charge in [0, 0.05) is 6.04 Å². The van der Waals surface area contributed by atoms with Crippen LogP contribution in [0.3, 0.4) is 0 Å². The van der Waals surface area contributed by atoms with Crippen molar-refractivity contribution < 1.29 is 14.7 Å². The molecule has 3 N–H and O–H groups in total. The van der Waals surface area contributed by atoms with E-state index in [1.165, 1.54) is 0 Å². The molecule has 0 heterocycles. The quantitative estimate of drug-likeness (QED) is 0.703. The van der Waals surface area contributed by atoms with Crippen LogP contribution in [0.5, 0.6) is 0 Å². The van der Waals surface area contributed by atoms with Crippen molar-refractivity contribution in [2.24, 2.45) is 11.8 Å². The minimum absolute atomic E-state index is 0.0748. The van der Waals surface area contributed by atoms with Crippen LogP contribution in [0, 0.1) is 11.8 Å². The van der Waals surface area contributed by atoms with Gasteiger partial charge in [0.15, 0.2) is 0 Å². The highest BCUT2D eigenvalue weighted by Crippen LogP contribution is 2.24. The normalized spacial score (nSPS) is 26.4. The summed E-state index contributed by atoms with van der Waals surface area (Å²) < 4.78 is 0. The summed E-state index contributed by atoms with van der Waals surface area (Å²) in [6.07, 6.45) is 3.95. The van der Waals surface area contributed by atoms with Gasteiger partial charge >= 0.3 is 12.0 Å². The van der Waals surface area contributed by atoms with Gasteiger partial charge in [-0.25, -0.2) is 9.59 Å².